The first kappa shape index (κ1) is 17.8. The lowest BCUT2D eigenvalue weighted by Crippen LogP contribution is -1.83. The van der Waals surface area contributed by atoms with Crippen molar-refractivity contribution in [1.29, 1.82) is 0 Å². The number of aromatic nitrogens is 4. The molecule has 0 aromatic carbocycles. The zero-order valence-electron chi connectivity index (χ0n) is 14.0. The Kier molecular flexibility index (Phi) is 4.25. The summed E-state index contributed by atoms with van der Waals surface area (Å²) in [6.45, 7) is 0. The van der Waals surface area contributed by atoms with E-state index in [2.05, 4.69) is 15.0 Å². The minimum Gasteiger partial charge on any atom is -0.355 e. The zero-order valence-corrected chi connectivity index (χ0v) is 17.1. The molecule has 0 saturated carbocycles. The highest BCUT2D eigenvalue weighted by Gasteiger charge is 2.18. The monoisotopic (exact) mass is 446 g/mol. The summed E-state index contributed by atoms with van der Waals surface area (Å²) in [7, 11) is 0. The number of fused-ring (bicyclic) bond motifs is 8. The average Bonchev–Trinajstić information content (AvgIpc) is 3.43. The maximum Gasteiger partial charge on any atom is 0.0992 e. The largest absolute Gasteiger partial charge is 0.355 e. The number of rotatable bonds is 0. The van der Waals surface area contributed by atoms with Gasteiger partial charge in [0.2, 0.25) is 0 Å². The molecule has 2 aliphatic rings. The van der Waals surface area contributed by atoms with E-state index in [1.807, 2.05) is 48.6 Å². The Hall–Kier alpha value is -2.24. The predicted octanol–water partition coefficient (Wildman–Crippen LogP) is 7.09. The third kappa shape index (κ3) is 2.93. The summed E-state index contributed by atoms with van der Waals surface area (Å²) < 4.78 is 1.34. The van der Waals surface area contributed by atoms with Crippen LogP contribution in [-0.4, -0.2) is 19.0 Å². The van der Waals surface area contributed by atoms with Crippen LogP contribution in [0.1, 0.15) is 22.8 Å². The topological polar surface area (TPSA) is 46.5 Å². The van der Waals surface area contributed by atoms with Gasteiger partial charge in [0, 0.05) is 22.8 Å². The lowest BCUT2D eigenvalue weighted by atomic mass is 10.3. The lowest BCUT2D eigenvalue weighted by Gasteiger charge is -1.96. The number of aromatic amines is 1. The molecule has 5 rings (SSSR count). The van der Waals surface area contributed by atoms with Gasteiger partial charge in [-0.1, -0.05) is 34.8 Å². The number of hydrogen-bond donors (Lipinski definition) is 1. The van der Waals surface area contributed by atoms with Gasteiger partial charge in [-0.3, -0.25) is 0 Å². The normalized spacial score (nSPS) is 12.7. The van der Waals surface area contributed by atoms with Crippen LogP contribution in [0.5, 0.6) is 0 Å². The fourth-order valence-corrected chi connectivity index (χ4v) is 4.39. The molecule has 28 heavy (non-hydrogen) atoms. The molecule has 138 valence electrons. The van der Waals surface area contributed by atoms with E-state index in [4.69, 9.17) is 46.6 Å². The SMILES string of the molecule is Clc1c(Cl)c2c(Cl)c3nc(cc4ccc(cc5nc(cc1n2Cl)C=C5)[nH]4)C=C3. The van der Waals surface area contributed by atoms with Gasteiger partial charge in [-0.05, 0) is 54.6 Å². The maximum atomic E-state index is 6.59. The van der Waals surface area contributed by atoms with Crippen molar-refractivity contribution < 1.29 is 0 Å². The van der Waals surface area contributed by atoms with Crippen LogP contribution in [0.4, 0.5) is 0 Å². The van der Waals surface area contributed by atoms with E-state index in [9.17, 15) is 0 Å². The second kappa shape index (κ2) is 6.68. The fraction of sp³-hybridized carbons (Fsp3) is 0. The zero-order chi connectivity index (χ0) is 19.4. The summed E-state index contributed by atoms with van der Waals surface area (Å²) in [5.74, 6) is 0. The second-order valence-electron chi connectivity index (χ2n) is 6.31. The number of nitrogens with one attached hydrogen (secondary N) is 1. The van der Waals surface area contributed by atoms with Crippen LogP contribution in [0.25, 0.3) is 46.4 Å². The summed E-state index contributed by atoms with van der Waals surface area (Å²) in [5, 5.41) is 0.872. The van der Waals surface area contributed by atoms with Gasteiger partial charge >= 0.3 is 0 Å². The van der Waals surface area contributed by atoms with E-state index in [1.54, 1.807) is 6.07 Å². The Balaban J connectivity index is 1.97. The molecule has 1 N–H and O–H groups in total. The van der Waals surface area contributed by atoms with Crippen molar-refractivity contribution in [1.82, 2.24) is 19.0 Å². The molecule has 0 unspecified atom stereocenters. The van der Waals surface area contributed by atoms with Gasteiger partial charge < -0.3 is 4.98 Å². The van der Waals surface area contributed by atoms with Crippen LogP contribution < -0.4 is 0 Å². The smallest absolute Gasteiger partial charge is 0.0992 e. The molecular formula is C20H10Cl4N4. The quantitative estimate of drug-likeness (QED) is 0.275. The Labute approximate surface area is 179 Å². The van der Waals surface area contributed by atoms with E-state index in [0.29, 0.717) is 32.5 Å². The fourth-order valence-electron chi connectivity index (χ4n) is 3.13. The van der Waals surface area contributed by atoms with Gasteiger partial charge in [-0.25, -0.2) is 14.1 Å². The molecule has 0 spiro atoms. The third-order valence-corrected chi connectivity index (χ3v) is 6.00. The van der Waals surface area contributed by atoms with E-state index in [0.717, 1.165) is 22.4 Å². The number of H-pyrrole nitrogens is 1. The summed E-state index contributed by atoms with van der Waals surface area (Å²) in [6.07, 6.45) is 7.47. The molecule has 2 aliphatic heterocycles. The molecule has 4 nitrogen and oxygen atoms in total. The molecule has 0 atom stereocenters. The summed E-state index contributed by atoms with van der Waals surface area (Å²) >= 11 is 26.0. The first-order chi connectivity index (χ1) is 13.5. The van der Waals surface area contributed by atoms with Gasteiger partial charge in [0.1, 0.15) is 0 Å². The van der Waals surface area contributed by atoms with E-state index in [1.165, 1.54) is 4.09 Å². The average molecular weight is 448 g/mol. The first-order valence-corrected chi connectivity index (χ1v) is 9.76. The molecule has 3 aromatic heterocycles. The van der Waals surface area contributed by atoms with Crippen molar-refractivity contribution in [2.75, 3.05) is 0 Å². The second-order valence-corrected chi connectivity index (χ2v) is 7.78. The predicted molar refractivity (Wildman–Crippen MR) is 119 cm³/mol. The lowest BCUT2D eigenvalue weighted by molar-refractivity contribution is 1.30. The number of halogens is 4. The highest BCUT2D eigenvalue weighted by molar-refractivity contribution is 6.50. The Morgan fingerprint density at radius 3 is 2.04 bits per heavy atom. The highest BCUT2D eigenvalue weighted by Crippen LogP contribution is 2.39. The van der Waals surface area contributed by atoms with Crippen LogP contribution in [0.3, 0.4) is 0 Å². The Morgan fingerprint density at radius 1 is 0.714 bits per heavy atom. The summed E-state index contributed by atoms with van der Waals surface area (Å²) in [6, 6.07) is 9.60. The molecule has 0 fully saturated rings. The van der Waals surface area contributed by atoms with Gasteiger partial charge in [0.05, 0.1) is 48.9 Å². The Morgan fingerprint density at radius 2 is 1.32 bits per heavy atom. The van der Waals surface area contributed by atoms with Gasteiger partial charge in [0.25, 0.3) is 0 Å². The molecule has 5 heterocycles. The van der Waals surface area contributed by atoms with E-state index >= 15 is 0 Å². The summed E-state index contributed by atoms with van der Waals surface area (Å²) in [5.41, 5.74) is 5.55. The molecular weight excluding hydrogens is 438 g/mol. The number of hydrogen-bond acceptors (Lipinski definition) is 2. The Bertz CT molecular complexity index is 1360. The van der Waals surface area contributed by atoms with Gasteiger partial charge in [-0.15, -0.1) is 0 Å². The first-order valence-electron chi connectivity index (χ1n) is 8.29. The minimum atomic E-state index is 0.262. The van der Waals surface area contributed by atoms with Gasteiger partial charge in [0.15, 0.2) is 0 Å². The van der Waals surface area contributed by atoms with Crippen molar-refractivity contribution in [3.05, 3.63) is 68.2 Å². The van der Waals surface area contributed by atoms with Crippen molar-refractivity contribution >= 4 is 93.0 Å². The van der Waals surface area contributed by atoms with Gasteiger partial charge in [-0.2, -0.15) is 0 Å². The third-order valence-electron chi connectivity index (χ3n) is 4.43. The minimum absolute atomic E-state index is 0.262. The maximum absolute atomic E-state index is 6.59. The molecule has 0 radical (unpaired) electrons. The molecule has 0 amide bonds. The van der Waals surface area contributed by atoms with Crippen LogP contribution >= 0.6 is 46.6 Å². The van der Waals surface area contributed by atoms with Crippen molar-refractivity contribution in [2.45, 2.75) is 0 Å². The van der Waals surface area contributed by atoms with Crippen LogP contribution in [0, 0.1) is 0 Å². The molecule has 8 heteroatoms. The van der Waals surface area contributed by atoms with Crippen LogP contribution in [0.2, 0.25) is 15.1 Å². The van der Waals surface area contributed by atoms with Crippen molar-refractivity contribution in [2.24, 2.45) is 0 Å². The molecule has 0 saturated heterocycles. The molecule has 3 aromatic rings. The number of nitrogens with zero attached hydrogens (tertiary/aromatic N) is 3. The van der Waals surface area contributed by atoms with Crippen LogP contribution in [0.15, 0.2) is 30.3 Å². The molecule has 8 bridgehead atoms. The highest BCUT2D eigenvalue weighted by atomic mass is 35.5. The van der Waals surface area contributed by atoms with Crippen LogP contribution in [-0.2, 0) is 0 Å². The van der Waals surface area contributed by atoms with Crippen molar-refractivity contribution in [3.8, 4) is 0 Å². The van der Waals surface area contributed by atoms with E-state index < -0.39 is 0 Å². The molecule has 0 aliphatic carbocycles. The van der Waals surface area contributed by atoms with Crippen molar-refractivity contribution in [3.63, 3.8) is 0 Å². The van der Waals surface area contributed by atoms with E-state index in [-0.39, 0.29) is 5.02 Å². The standard InChI is InChI=1S/C20H10Cl4N4/c21-17-15-6-5-13(27-15)8-12-2-1-10(25-12)7-11-3-4-14(26-11)9-16-18(22)19(23)20(17)28(16)24/h1-9,25H. The summed E-state index contributed by atoms with van der Waals surface area (Å²) in [4.78, 5) is 12.5.